The molecule has 2 rings (SSSR count). The van der Waals surface area contributed by atoms with Crippen molar-refractivity contribution in [3.8, 4) is 0 Å². The number of sulfonamides is 1. The lowest BCUT2D eigenvalue weighted by molar-refractivity contribution is 0.289. The van der Waals surface area contributed by atoms with Crippen molar-refractivity contribution in [1.29, 1.82) is 0 Å². The second kappa shape index (κ2) is 7.02. The monoisotopic (exact) mass is 316 g/mol. The molecule has 1 N–H and O–H groups in total. The fraction of sp³-hybridized carbons (Fsp3) is 0.714. The molecule has 4 nitrogen and oxygen atoms in total. The summed E-state index contributed by atoms with van der Waals surface area (Å²) < 4.78 is 25.6. The van der Waals surface area contributed by atoms with Crippen molar-refractivity contribution >= 4 is 21.4 Å². The molecule has 1 aliphatic heterocycles. The van der Waals surface area contributed by atoms with Gasteiger partial charge in [0, 0.05) is 35.4 Å². The zero-order chi connectivity index (χ0) is 14.6. The SMILES string of the molecule is CCCS(=O)(=O)N1CCC(NCc2ccc(C)s2)CC1. The van der Waals surface area contributed by atoms with Crippen molar-refractivity contribution in [2.24, 2.45) is 0 Å². The van der Waals surface area contributed by atoms with Crippen LogP contribution in [0.4, 0.5) is 0 Å². The quantitative estimate of drug-likeness (QED) is 0.876. The molecule has 1 aliphatic rings. The summed E-state index contributed by atoms with van der Waals surface area (Å²) >= 11 is 1.82. The Morgan fingerprint density at radius 3 is 2.60 bits per heavy atom. The molecule has 0 atom stereocenters. The van der Waals surface area contributed by atoms with E-state index in [4.69, 9.17) is 0 Å². The fourth-order valence-corrected chi connectivity index (χ4v) is 4.93. The first-order valence-corrected chi connectivity index (χ1v) is 9.70. The molecule has 1 fully saturated rings. The van der Waals surface area contributed by atoms with E-state index in [2.05, 4.69) is 24.4 Å². The number of rotatable bonds is 6. The summed E-state index contributed by atoms with van der Waals surface area (Å²) in [6, 6.07) is 4.74. The van der Waals surface area contributed by atoms with E-state index < -0.39 is 10.0 Å². The number of nitrogens with zero attached hydrogens (tertiary/aromatic N) is 1. The van der Waals surface area contributed by atoms with Crippen molar-refractivity contribution in [3.63, 3.8) is 0 Å². The van der Waals surface area contributed by atoms with Gasteiger partial charge in [-0.25, -0.2) is 12.7 Å². The lowest BCUT2D eigenvalue weighted by Crippen LogP contribution is -2.45. The molecule has 0 radical (unpaired) electrons. The van der Waals surface area contributed by atoms with Crippen LogP contribution in [0.3, 0.4) is 0 Å². The number of piperidine rings is 1. The molecule has 0 spiro atoms. The van der Waals surface area contributed by atoms with Crippen LogP contribution in [-0.2, 0) is 16.6 Å². The Kier molecular flexibility index (Phi) is 5.60. The first kappa shape index (κ1) is 15.9. The van der Waals surface area contributed by atoms with Gasteiger partial charge in [-0.1, -0.05) is 6.92 Å². The van der Waals surface area contributed by atoms with E-state index >= 15 is 0 Å². The predicted molar refractivity (Wildman–Crippen MR) is 84.6 cm³/mol. The van der Waals surface area contributed by atoms with Crippen LogP contribution in [0.1, 0.15) is 35.9 Å². The molecule has 0 aliphatic carbocycles. The number of thiophene rings is 1. The van der Waals surface area contributed by atoms with Gasteiger partial charge in [0.1, 0.15) is 0 Å². The van der Waals surface area contributed by atoms with Crippen LogP contribution in [0.5, 0.6) is 0 Å². The largest absolute Gasteiger partial charge is 0.309 e. The maximum Gasteiger partial charge on any atom is 0.214 e. The summed E-state index contributed by atoms with van der Waals surface area (Å²) in [6.07, 6.45) is 2.51. The van der Waals surface area contributed by atoms with E-state index in [-0.39, 0.29) is 5.75 Å². The zero-order valence-electron chi connectivity index (χ0n) is 12.3. The van der Waals surface area contributed by atoms with Crippen LogP contribution >= 0.6 is 11.3 Å². The van der Waals surface area contributed by atoms with Crippen LogP contribution < -0.4 is 5.32 Å². The predicted octanol–water partition coefficient (Wildman–Crippen LogP) is 2.35. The lowest BCUT2D eigenvalue weighted by Gasteiger charge is -2.31. The van der Waals surface area contributed by atoms with Gasteiger partial charge < -0.3 is 5.32 Å². The van der Waals surface area contributed by atoms with Gasteiger partial charge in [0.15, 0.2) is 0 Å². The first-order chi connectivity index (χ1) is 9.51. The molecule has 0 bridgehead atoms. The number of hydrogen-bond acceptors (Lipinski definition) is 4. The molecule has 1 saturated heterocycles. The fourth-order valence-electron chi connectivity index (χ4n) is 2.55. The van der Waals surface area contributed by atoms with Crippen LogP contribution in [0.25, 0.3) is 0 Å². The molecule has 1 aromatic heterocycles. The van der Waals surface area contributed by atoms with Gasteiger partial charge in [0.25, 0.3) is 0 Å². The highest BCUT2D eigenvalue weighted by atomic mass is 32.2. The van der Waals surface area contributed by atoms with Gasteiger partial charge in [-0.05, 0) is 38.3 Å². The minimum atomic E-state index is -3.01. The van der Waals surface area contributed by atoms with E-state index in [0.717, 1.165) is 19.4 Å². The molecule has 20 heavy (non-hydrogen) atoms. The molecular formula is C14H24N2O2S2. The van der Waals surface area contributed by atoms with Crippen LogP contribution in [0, 0.1) is 6.92 Å². The second-order valence-electron chi connectivity index (χ2n) is 5.38. The minimum Gasteiger partial charge on any atom is -0.309 e. The minimum absolute atomic E-state index is 0.277. The Labute approximate surface area is 126 Å². The second-order valence-corrected chi connectivity index (χ2v) is 8.84. The van der Waals surface area contributed by atoms with E-state index in [1.54, 1.807) is 4.31 Å². The van der Waals surface area contributed by atoms with E-state index in [1.165, 1.54) is 9.75 Å². The summed E-state index contributed by atoms with van der Waals surface area (Å²) in [6.45, 7) is 6.23. The molecule has 0 aromatic carbocycles. The Hall–Kier alpha value is -0.430. The lowest BCUT2D eigenvalue weighted by atomic mass is 10.1. The molecule has 2 heterocycles. The summed E-state index contributed by atoms with van der Waals surface area (Å²) in [4.78, 5) is 2.69. The third kappa shape index (κ3) is 4.28. The van der Waals surface area contributed by atoms with Gasteiger partial charge in [0.2, 0.25) is 10.0 Å². The zero-order valence-corrected chi connectivity index (χ0v) is 13.9. The van der Waals surface area contributed by atoms with E-state index in [1.807, 2.05) is 18.3 Å². The summed E-state index contributed by atoms with van der Waals surface area (Å²) in [5.41, 5.74) is 0. The van der Waals surface area contributed by atoms with E-state index in [9.17, 15) is 8.42 Å². The molecule has 0 unspecified atom stereocenters. The number of hydrogen-bond donors (Lipinski definition) is 1. The van der Waals surface area contributed by atoms with Gasteiger partial charge in [-0.15, -0.1) is 11.3 Å². The maximum atomic E-state index is 12.0. The molecule has 6 heteroatoms. The van der Waals surface area contributed by atoms with Crippen LogP contribution in [0.15, 0.2) is 12.1 Å². The third-order valence-electron chi connectivity index (χ3n) is 3.67. The van der Waals surface area contributed by atoms with Gasteiger partial charge in [-0.2, -0.15) is 0 Å². The standard InChI is InChI=1S/C14H24N2O2S2/c1-3-10-20(17,18)16-8-6-13(7-9-16)15-11-14-5-4-12(2)19-14/h4-5,13,15H,3,6-11H2,1-2H3. The Bertz CT molecular complexity index is 517. The van der Waals surface area contributed by atoms with Crippen molar-refractivity contribution < 1.29 is 8.42 Å². The van der Waals surface area contributed by atoms with Crippen LogP contribution in [0.2, 0.25) is 0 Å². The van der Waals surface area contributed by atoms with Gasteiger partial charge in [-0.3, -0.25) is 0 Å². The van der Waals surface area contributed by atoms with Crippen molar-refractivity contribution in [3.05, 3.63) is 21.9 Å². The smallest absolute Gasteiger partial charge is 0.214 e. The first-order valence-electron chi connectivity index (χ1n) is 7.28. The maximum absolute atomic E-state index is 12.0. The Balaban J connectivity index is 1.77. The summed E-state index contributed by atoms with van der Waals surface area (Å²) in [5.74, 6) is 0.277. The van der Waals surface area contributed by atoms with Gasteiger partial charge in [0.05, 0.1) is 5.75 Å². The summed E-state index contributed by atoms with van der Waals surface area (Å²) in [5, 5.41) is 3.54. The van der Waals surface area contributed by atoms with Crippen LogP contribution in [-0.4, -0.2) is 37.6 Å². The third-order valence-corrected chi connectivity index (χ3v) is 6.75. The normalized spacial score (nSPS) is 18.5. The Morgan fingerprint density at radius 2 is 2.05 bits per heavy atom. The van der Waals surface area contributed by atoms with E-state index in [0.29, 0.717) is 25.6 Å². The number of aryl methyl sites for hydroxylation is 1. The van der Waals surface area contributed by atoms with Crippen molar-refractivity contribution in [2.75, 3.05) is 18.8 Å². The highest BCUT2D eigenvalue weighted by molar-refractivity contribution is 7.89. The molecule has 1 aromatic rings. The Morgan fingerprint density at radius 1 is 1.35 bits per heavy atom. The highest BCUT2D eigenvalue weighted by Crippen LogP contribution is 2.18. The van der Waals surface area contributed by atoms with Crippen molar-refractivity contribution in [2.45, 2.75) is 45.7 Å². The average molecular weight is 316 g/mol. The van der Waals surface area contributed by atoms with Gasteiger partial charge >= 0.3 is 0 Å². The molecular weight excluding hydrogens is 292 g/mol. The summed E-state index contributed by atoms with van der Waals surface area (Å²) in [7, 11) is -3.01. The average Bonchev–Trinajstić information content (AvgIpc) is 2.83. The van der Waals surface area contributed by atoms with Crippen molar-refractivity contribution in [1.82, 2.24) is 9.62 Å². The molecule has 114 valence electrons. The number of nitrogens with one attached hydrogen (secondary N) is 1. The molecule has 0 saturated carbocycles. The molecule has 0 amide bonds. The highest BCUT2D eigenvalue weighted by Gasteiger charge is 2.26. The topological polar surface area (TPSA) is 49.4 Å².